The highest BCUT2D eigenvalue weighted by Crippen LogP contribution is 2.24. The van der Waals surface area contributed by atoms with E-state index in [2.05, 4.69) is 20.4 Å². The number of nitrogens with zero attached hydrogens (tertiary/aromatic N) is 5. The summed E-state index contributed by atoms with van der Waals surface area (Å²) in [4.78, 5) is 14.4. The summed E-state index contributed by atoms with van der Waals surface area (Å²) in [6, 6.07) is 6.73. The van der Waals surface area contributed by atoms with Gasteiger partial charge in [0.25, 0.3) is 5.56 Å². The number of rotatable bonds is 3. The number of fused-ring (bicyclic) bond motifs is 1. The predicted molar refractivity (Wildman–Crippen MR) is 90.6 cm³/mol. The molecule has 0 amide bonds. The van der Waals surface area contributed by atoms with Gasteiger partial charge in [0.2, 0.25) is 5.65 Å². The highest BCUT2D eigenvalue weighted by atomic mass is 19.1. The smallest absolute Gasteiger partial charge is 0.295 e. The van der Waals surface area contributed by atoms with E-state index in [0.717, 1.165) is 25.2 Å². The van der Waals surface area contributed by atoms with Gasteiger partial charge in [0.15, 0.2) is 5.82 Å². The van der Waals surface area contributed by atoms with Crippen molar-refractivity contribution in [1.82, 2.24) is 29.4 Å². The summed E-state index contributed by atoms with van der Waals surface area (Å²) in [5.74, 6) is 0.468. The molecular formula is C17H19FN6O. The standard InChI is InChI=1S/C17H19FN6O/c1-22-7-8-24-15(20-21-16(24)17(22)25)11-23-6-5-19-10-14(23)12-3-2-4-13(18)9-12/h2-4,7-9,14,19H,5-6,10-11H2,1H3. The Bertz CT molecular complexity index is 965. The van der Waals surface area contributed by atoms with Crippen LogP contribution in [0.3, 0.4) is 0 Å². The Kier molecular flexibility index (Phi) is 4.06. The van der Waals surface area contributed by atoms with Crippen LogP contribution < -0.4 is 10.9 Å². The van der Waals surface area contributed by atoms with Crippen LogP contribution >= 0.6 is 0 Å². The van der Waals surface area contributed by atoms with Gasteiger partial charge >= 0.3 is 0 Å². The molecule has 0 radical (unpaired) electrons. The van der Waals surface area contributed by atoms with Crippen LogP contribution in [-0.2, 0) is 13.6 Å². The van der Waals surface area contributed by atoms with Gasteiger partial charge in [-0.25, -0.2) is 4.39 Å². The first-order valence-corrected chi connectivity index (χ1v) is 8.23. The summed E-state index contributed by atoms with van der Waals surface area (Å²) in [7, 11) is 1.69. The van der Waals surface area contributed by atoms with Gasteiger partial charge in [0, 0.05) is 45.1 Å². The molecule has 25 heavy (non-hydrogen) atoms. The van der Waals surface area contributed by atoms with Crippen molar-refractivity contribution >= 4 is 5.65 Å². The topological polar surface area (TPSA) is 67.5 Å². The molecule has 1 atom stereocenters. The van der Waals surface area contributed by atoms with E-state index in [1.54, 1.807) is 36.0 Å². The van der Waals surface area contributed by atoms with Crippen LogP contribution in [0.1, 0.15) is 17.4 Å². The molecule has 0 saturated carbocycles. The third-order valence-electron chi connectivity index (χ3n) is 4.65. The first kappa shape index (κ1) is 15.9. The fourth-order valence-corrected chi connectivity index (χ4v) is 3.29. The molecule has 7 nitrogen and oxygen atoms in total. The second kappa shape index (κ2) is 6.38. The van der Waals surface area contributed by atoms with E-state index in [-0.39, 0.29) is 17.4 Å². The van der Waals surface area contributed by atoms with Crippen molar-refractivity contribution in [3.05, 3.63) is 64.2 Å². The van der Waals surface area contributed by atoms with Crippen LogP contribution in [-0.4, -0.2) is 43.7 Å². The predicted octanol–water partition coefficient (Wildman–Crippen LogP) is 0.714. The van der Waals surface area contributed by atoms with Crippen molar-refractivity contribution in [3.63, 3.8) is 0 Å². The number of piperazine rings is 1. The minimum Gasteiger partial charge on any atom is -0.314 e. The first-order valence-electron chi connectivity index (χ1n) is 8.23. The molecule has 0 bridgehead atoms. The largest absolute Gasteiger partial charge is 0.314 e. The minimum atomic E-state index is -0.237. The normalized spacial score (nSPS) is 18.7. The SMILES string of the molecule is Cn1ccn2c(CN3CCNCC3c3cccc(F)c3)nnc2c1=O. The molecule has 1 aliphatic heterocycles. The van der Waals surface area contributed by atoms with E-state index in [9.17, 15) is 9.18 Å². The number of aromatic nitrogens is 4. The average molecular weight is 342 g/mol. The molecule has 1 unspecified atom stereocenters. The third kappa shape index (κ3) is 2.94. The molecule has 2 aromatic heterocycles. The molecule has 1 aromatic carbocycles. The Morgan fingerprint density at radius 1 is 1.32 bits per heavy atom. The molecule has 4 rings (SSSR count). The van der Waals surface area contributed by atoms with Gasteiger partial charge < -0.3 is 9.88 Å². The zero-order valence-corrected chi connectivity index (χ0v) is 13.9. The molecule has 1 N–H and O–H groups in total. The molecule has 1 saturated heterocycles. The zero-order chi connectivity index (χ0) is 17.4. The summed E-state index contributed by atoms with van der Waals surface area (Å²) in [6.45, 7) is 2.93. The molecular weight excluding hydrogens is 323 g/mol. The highest BCUT2D eigenvalue weighted by Gasteiger charge is 2.25. The molecule has 1 fully saturated rings. The lowest BCUT2D eigenvalue weighted by Crippen LogP contribution is -2.45. The Hall–Kier alpha value is -2.58. The van der Waals surface area contributed by atoms with Crippen LogP contribution in [0.5, 0.6) is 0 Å². The quantitative estimate of drug-likeness (QED) is 0.759. The Morgan fingerprint density at radius 3 is 3.04 bits per heavy atom. The number of aryl methyl sites for hydroxylation is 1. The monoisotopic (exact) mass is 342 g/mol. The Labute approximate surface area is 143 Å². The summed E-state index contributed by atoms with van der Waals surface area (Å²) in [5.41, 5.74) is 1.07. The summed E-state index contributed by atoms with van der Waals surface area (Å²) in [5, 5.41) is 11.6. The van der Waals surface area contributed by atoms with Crippen LogP contribution in [0.25, 0.3) is 5.65 Å². The van der Waals surface area contributed by atoms with Crippen molar-refractivity contribution in [3.8, 4) is 0 Å². The lowest BCUT2D eigenvalue weighted by molar-refractivity contribution is 0.149. The summed E-state index contributed by atoms with van der Waals surface area (Å²) < 4.78 is 16.8. The van der Waals surface area contributed by atoms with Crippen LogP contribution in [0.4, 0.5) is 4.39 Å². The van der Waals surface area contributed by atoms with Crippen molar-refractivity contribution in [2.75, 3.05) is 19.6 Å². The maximum atomic E-state index is 13.6. The number of benzene rings is 1. The van der Waals surface area contributed by atoms with E-state index in [4.69, 9.17) is 0 Å². The van der Waals surface area contributed by atoms with Crippen molar-refractivity contribution < 1.29 is 4.39 Å². The molecule has 3 aromatic rings. The van der Waals surface area contributed by atoms with Crippen molar-refractivity contribution in [2.24, 2.45) is 7.05 Å². The molecule has 3 heterocycles. The Morgan fingerprint density at radius 2 is 2.20 bits per heavy atom. The van der Waals surface area contributed by atoms with E-state index in [1.165, 1.54) is 10.6 Å². The molecule has 0 aliphatic carbocycles. The van der Waals surface area contributed by atoms with Gasteiger partial charge in [-0.05, 0) is 17.7 Å². The molecule has 0 spiro atoms. The second-order valence-electron chi connectivity index (χ2n) is 6.27. The number of hydrogen-bond acceptors (Lipinski definition) is 5. The van der Waals surface area contributed by atoms with Gasteiger partial charge in [-0.3, -0.25) is 14.1 Å². The fourth-order valence-electron chi connectivity index (χ4n) is 3.29. The van der Waals surface area contributed by atoms with Gasteiger partial charge in [0.1, 0.15) is 5.82 Å². The van der Waals surface area contributed by atoms with E-state index in [0.29, 0.717) is 18.0 Å². The average Bonchev–Trinajstić information content (AvgIpc) is 3.02. The maximum Gasteiger partial charge on any atom is 0.295 e. The lowest BCUT2D eigenvalue weighted by atomic mass is 10.0. The molecule has 8 heteroatoms. The molecule has 1 aliphatic rings. The number of nitrogens with one attached hydrogen (secondary N) is 1. The van der Waals surface area contributed by atoms with Crippen molar-refractivity contribution in [2.45, 2.75) is 12.6 Å². The molecule has 130 valence electrons. The lowest BCUT2D eigenvalue weighted by Gasteiger charge is -2.36. The maximum absolute atomic E-state index is 13.6. The second-order valence-corrected chi connectivity index (χ2v) is 6.27. The minimum absolute atomic E-state index is 0.0448. The fraction of sp³-hybridized carbons (Fsp3) is 0.353. The summed E-state index contributed by atoms with van der Waals surface area (Å²) >= 11 is 0. The summed E-state index contributed by atoms with van der Waals surface area (Å²) in [6.07, 6.45) is 3.50. The van der Waals surface area contributed by atoms with Crippen LogP contribution in [0.2, 0.25) is 0 Å². The van der Waals surface area contributed by atoms with E-state index >= 15 is 0 Å². The van der Waals surface area contributed by atoms with Gasteiger partial charge in [-0.15, -0.1) is 10.2 Å². The van der Waals surface area contributed by atoms with Crippen LogP contribution in [0, 0.1) is 5.82 Å². The van der Waals surface area contributed by atoms with Gasteiger partial charge in [0.05, 0.1) is 6.54 Å². The van der Waals surface area contributed by atoms with Crippen LogP contribution in [0.15, 0.2) is 41.5 Å². The number of halogens is 1. The highest BCUT2D eigenvalue weighted by molar-refractivity contribution is 5.34. The first-order chi connectivity index (χ1) is 12.1. The van der Waals surface area contributed by atoms with Gasteiger partial charge in [-0.2, -0.15) is 0 Å². The third-order valence-corrected chi connectivity index (χ3v) is 4.65. The van der Waals surface area contributed by atoms with E-state index < -0.39 is 0 Å². The van der Waals surface area contributed by atoms with Crippen molar-refractivity contribution in [1.29, 1.82) is 0 Å². The van der Waals surface area contributed by atoms with Gasteiger partial charge in [-0.1, -0.05) is 12.1 Å². The number of hydrogen-bond donors (Lipinski definition) is 1. The Balaban J connectivity index is 1.66. The zero-order valence-electron chi connectivity index (χ0n) is 13.9. The van der Waals surface area contributed by atoms with E-state index in [1.807, 2.05) is 6.07 Å².